The van der Waals surface area contributed by atoms with Gasteiger partial charge in [0, 0.05) is 18.6 Å². The minimum absolute atomic E-state index is 0.351. The molecule has 1 atom stereocenters. The molecule has 0 aromatic heterocycles. The van der Waals surface area contributed by atoms with Crippen LogP contribution in [0.3, 0.4) is 0 Å². The molecule has 2 rings (SSSR count). The quantitative estimate of drug-likeness (QED) is 0.706. The van der Waals surface area contributed by atoms with Crippen LogP contribution in [-0.4, -0.2) is 38.5 Å². The van der Waals surface area contributed by atoms with Crippen molar-refractivity contribution in [3.63, 3.8) is 0 Å². The maximum Gasteiger partial charge on any atom is 0.274 e. The zero-order chi connectivity index (χ0) is 10.9. The van der Waals surface area contributed by atoms with E-state index in [4.69, 9.17) is 5.14 Å². The van der Waals surface area contributed by atoms with Gasteiger partial charge in [-0.1, -0.05) is 6.42 Å². The number of likely N-dealkylation sites (tertiary alicyclic amines) is 1. The molecule has 6 heteroatoms. The van der Waals surface area contributed by atoms with Crippen LogP contribution in [0.15, 0.2) is 0 Å². The van der Waals surface area contributed by atoms with Crippen molar-refractivity contribution < 1.29 is 8.42 Å². The first kappa shape index (κ1) is 11.3. The fraction of sp³-hybridized carbons (Fsp3) is 1.00. The molecule has 1 saturated heterocycles. The van der Waals surface area contributed by atoms with Crippen molar-refractivity contribution in [1.29, 1.82) is 0 Å². The second-order valence-corrected chi connectivity index (χ2v) is 5.89. The normalized spacial score (nSPS) is 29.3. The summed E-state index contributed by atoms with van der Waals surface area (Å²) in [5.74, 6) is 0. The molecule has 2 fully saturated rings. The van der Waals surface area contributed by atoms with E-state index in [-0.39, 0.29) is 0 Å². The fourth-order valence-corrected chi connectivity index (χ4v) is 2.77. The molecule has 1 heterocycles. The van der Waals surface area contributed by atoms with E-state index in [1.807, 2.05) is 0 Å². The van der Waals surface area contributed by atoms with Crippen molar-refractivity contribution in [2.45, 2.75) is 44.2 Å². The Morgan fingerprint density at radius 2 is 2.00 bits per heavy atom. The number of hydrogen-bond acceptors (Lipinski definition) is 3. The standard InChI is InChI=1S/C9H19N3O2S/c10-15(13,14)11-7-9-3-1-2-6-12(9)8-4-5-8/h8-9,11H,1-7H2,(H2,10,13,14). The Balaban J connectivity index is 1.87. The van der Waals surface area contributed by atoms with Gasteiger partial charge in [0.2, 0.25) is 0 Å². The van der Waals surface area contributed by atoms with Gasteiger partial charge in [0.15, 0.2) is 0 Å². The van der Waals surface area contributed by atoms with Gasteiger partial charge in [0.1, 0.15) is 0 Å². The summed E-state index contributed by atoms with van der Waals surface area (Å²) in [6.45, 7) is 1.58. The first-order valence-electron chi connectivity index (χ1n) is 5.59. The van der Waals surface area contributed by atoms with Gasteiger partial charge in [-0.2, -0.15) is 8.42 Å². The van der Waals surface area contributed by atoms with Gasteiger partial charge in [0.05, 0.1) is 0 Å². The molecule has 0 spiro atoms. The third kappa shape index (κ3) is 3.41. The van der Waals surface area contributed by atoms with E-state index in [1.54, 1.807) is 0 Å². The van der Waals surface area contributed by atoms with Crippen molar-refractivity contribution in [3.05, 3.63) is 0 Å². The van der Waals surface area contributed by atoms with Gasteiger partial charge in [0.25, 0.3) is 10.2 Å². The second kappa shape index (κ2) is 4.37. The highest BCUT2D eigenvalue weighted by atomic mass is 32.2. The van der Waals surface area contributed by atoms with Crippen LogP contribution in [-0.2, 0) is 10.2 Å². The molecule has 1 aliphatic carbocycles. The Kier molecular flexibility index (Phi) is 3.30. The first-order chi connectivity index (χ1) is 7.06. The minimum Gasteiger partial charge on any atom is -0.296 e. The summed E-state index contributed by atoms with van der Waals surface area (Å²) in [5.41, 5.74) is 0. The molecule has 3 N–H and O–H groups in total. The van der Waals surface area contributed by atoms with E-state index < -0.39 is 10.2 Å². The lowest BCUT2D eigenvalue weighted by Gasteiger charge is -2.35. The molecule has 2 aliphatic rings. The summed E-state index contributed by atoms with van der Waals surface area (Å²) < 4.78 is 24.0. The summed E-state index contributed by atoms with van der Waals surface area (Å²) in [4.78, 5) is 2.45. The van der Waals surface area contributed by atoms with Gasteiger partial charge < -0.3 is 0 Å². The van der Waals surface area contributed by atoms with Crippen molar-refractivity contribution in [1.82, 2.24) is 9.62 Å². The summed E-state index contributed by atoms with van der Waals surface area (Å²) in [6, 6.07) is 1.06. The molecule has 1 saturated carbocycles. The monoisotopic (exact) mass is 233 g/mol. The molecular formula is C9H19N3O2S. The van der Waals surface area contributed by atoms with E-state index in [9.17, 15) is 8.42 Å². The van der Waals surface area contributed by atoms with Crippen LogP contribution in [0.2, 0.25) is 0 Å². The molecule has 0 amide bonds. The van der Waals surface area contributed by atoms with Gasteiger partial charge in [-0.25, -0.2) is 9.86 Å². The highest BCUT2D eigenvalue weighted by Gasteiger charge is 2.35. The highest BCUT2D eigenvalue weighted by Crippen LogP contribution is 2.32. The average Bonchev–Trinajstić information content (AvgIpc) is 2.97. The van der Waals surface area contributed by atoms with Crippen LogP contribution in [0.1, 0.15) is 32.1 Å². The Labute approximate surface area is 91.2 Å². The van der Waals surface area contributed by atoms with E-state index >= 15 is 0 Å². The van der Waals surface area contributed by atoms with Crippen molar-refractivity contribution >= 4 is 10.2 Å². The third-order valence-corrected chi connectivity index (χ3v) is 3.78. The lowest BCUT2D eigenvalue weighted by molar-refractivity contribution is 0.141. The van der Waals surface area contributed by atoms with Gasteiger partial charge in [-0.3, -0.25) is 4.90 Å². The smallest absolute Gasteiger partial charge is 0.274 e. The van der Waals surface area contributed by atoms with E-state index in [2.05, 4.69) is 9.62 Å². The second-order valence-electron chi connectivity index (χ2n) is 4.51. The number of rotatable bonds is 4. The molecule has 88 valence electrons. The lowest BCUT2D eigenvalue weighted by Crippen LogP contribution is -2.48. The number of nitrogens with zero attached hydrogens (tertiary/aromatic N) is 1. The van der Waals surface area contributed by atoms with Crippen LogP contribution in [0.4, 0.5) is 0 Å². The van der Waals surface area contributed by atoms with Crippen LogP contribution >= 0.6 is 0 Å². The van der Waals surface area contributed by atoms with E-state index in [0.717, 1.165) is 13.0 Å². The van der Waals surface area contributed by atoms with Crippen molar-refractivity contribution in [2.24, 2.45) is 5.14 Å². The molecule has 0 radical (unpaired) electrons. The van der Waals surface area contributed by atoms with Gasteiger partial charge >= 0.3 is 0 Å². The Bertz CT molecular complexity index is 313. The molecule has 0 aromatic rings. The number of hydrogen-bond donors (Lipinski definition) is 2. The predicted molar refractivity (Wildman–Crippen MR) is 58.5 cm³/mol. The molecule has 0 bridgehead atoms. The highest BCUT2D eigenvalue weighted by molar-refractivity contribution is 7.87. The Hall–Kier alpha value is -0.170. The molecule has 5 nitrogen and oxygen atoms in total. The topological polar surface area (TPSA) is 75.4 Å². The first-order valence-corrected chi connectivity index (χ1v) is 7.14. The average molecular weight is 233 g/mol. The summed E-state index contributed by atoms with van der Waals surface area (Å²) in [5, 5.41) is 4.93. The lowest BCUT2D eigenvalue weighted by atomic mass is 10.0. The third-order valence-electron chi connectivity index (χ3n) is 3.21. The zero-order valence-corrected chi connectivity index (χ0v) is 9.67. The van der Waals surface area contributed by atoms with Gasteiger partial charge in [-0.15, -0.1) is 0 Å². The summed E-state index contributed by atoms with van der Waals surface area (Å²) in [6.07, 6.45) is 6.05. The zero-order valence-electron chi connectivity index (χ0n) is 8.85. The molecule has 1 unspecified atom stereocenters. The van der Waals surface area contributed by atoms with E-state index in [1.165, 1.54) is 25.7 Å². The number of nitrogens with one attached hydrogen (secondary N) is 1. The Morgan fingerprint density at radius 3 is 2.60 bits per heavy atom. The summed E-state index contributed by atoms with van der Waals surface area (Å²) >= 11 is 0. The fourth-order valence-electron chi connectivity index (χ4n) is 2.34. The maximum atomic E-state index is 10.8. The molecule has 15 heavy (non-hydrogen) atoms. The SMILES string of the molecule is NS(=O)(=O)NCC1CCCCN1C1CC1. The molecule has 1 aliphatic heterocycles. The predicted octanol–water partition coefficient (Wildman–Crippen LogP) is -0.204. The van der Waals surface area contributed by atoms with Crippen molar-refractivity contribution in [3.8, 4) is 0 Å². The Morgan fingerprint density at radius 1 is 1.27 bits per heavy atom. The van der Waals surface area contributed by atoms with Crippen LogP contribution in [0, 0.1) is 0 Å². The number of nitrogens with two attached hydrogens (primary N) is 1. The van der Waals surface area contributed by atoms with Crippen molar-refractivity contribution in [2.75, 3.05) is 13.1 Å². The van der Waals surface area contributed by atoms with Crippen LogP contribution in [0.5, 0.6) is 0 Å². The van der Waals surface area contributed by atoms with Crippen LogP contribution < -0.4 is 9.86 Å². The molecule has 0 aromatic carbocycles. The maximum absolute atomic E-state index is 10.8. The minimum atomic E-state index is -3.53. The van der Waals surface area contributed by atoms with E-state index in [0.29, 0.717) is 18.6 Å². The molecular weight excluding hydrogens is 214 g/mol. The largest absolute Gasteiger partial charge is 0.296 e. The number of piperidine rings is 1. The van der Waals surface area contributed by atoms with Crippen LogP contribution in [0.25, 0.3) is 0 Å². The van der Waals surface area contributed by atoms with Gasteiger partial charge in [-0.05, 0) is 32.2 Å². The summed E-state index contributed by atoms with van der Waals surface area (Å²) in [7, 11) is -3.53.